The van der Waals surface area contributed by atoms with Crippen LogP contribution in [0.1, 0.15) is 7.77 Å². The predicted octanol–water partition coefficient (Wildman–Crippen LogP) is -2.31. The molecule has 9 heteroatoms. The number of aliphatic hydroxyl groups excluding tert-OH is 5. The summed E-state index contributed by atoms with van der Waals surface area (Å²) >= 11 is 0. The lowest BCUT2D eigenvalue weighted by molar-refractivity contribution is -0.146. The standard InChI is InChI=1S/C8H15N3O6/c9-11-10-2-1-4(13)6(15)8(17)7(16)5(14)3-12/h5-8,12,14-17H,1-3H2/t5-,6-,7-,8-/m1/s1/i1D/t1?,5-,6-,7-,8-. The summed E-state index contributed by atoms with van der Waals surface area (Å²) in [5, 5.41) is 48.5. The number of hydrogen-bond donors (Lipinski definition) is 5. The molecular formula is C8H15N3O6. The summed E-state index contributed by atoms with van der Waals surface area (Å²) in [7, 11) is 0. The molecule has 98 valence electrons. The summed E-state index contributed by atoms with van der Waals surface area (Å²) in [6.45, 7) is -1.40. The molecule has 0 rings (SSSR count). The summed E-state index contributed by atoms with van der Waals surface area (Å²) < 4.78 is 7.22. The van der Waals surface area contributed by atoms with E-state index in [0.717, 1.165) is 0 Å². The molecular weight excluding hydrogens is 234 g/mol. The van der Waals surface area contributed by atoms with Crippen molar-refractivity contribution in [3.8, 4) is 0 Å². The second-order valence-electron chi connectivity index (χ2n) is 3.20. The normalized spacial score (nSPS) is 20.4. The summed E-state index contributed by atoms with van der Waals surface area (Å²) in [4.78, 5) is 13.7. The summed E-state index contributed by atoms with van der Waals surface area (Å²) in [6, 6.07) is 0. The Bertz CT molecular complexity index is 324. The molecule has 5 atom stereocenters. The fourth-order valence-electron chi connectivity index (χ4n) is 0.979. The van der Waals surface area contributed by atoms with Crippen molar-refractivity contribution < 1.29 is 31.7 Å². The number of carbonyl (C=O) groups excluding carboxylic acids is 1. The third kappa shape index (κ3) is 5.09. The Labute approximate surface area is 98.0 Å². The molecule has 0 heterocycles. The zero-order valence-electron chi connectivity index (χ0n) is 9.79. The van der Waals surface area contributed by atoms with Crippen molar-refractivity contribution in [2.45, 2.75) is 30.8 Å². The molecule has 0 saturated heterocycles. The SMILES string of the molecule is [2H]C(CN=[N+]=[N-])C(=O)[C@@H](O)[C@@H](O)[C@H](O)[C@H](O)CO. The second-order valence-corrected chi connectivity index (χ2v) is 3.20. The van der Waals surface area contributed by atoms with E-state index in [4.69, 9.17) is 17.1 Å². The lowest BCUT2D eigenvalue weighted by Gasteiger charge is -2.24. The minimum absolute atomic E-state index is 0.530. The van der Waals surface area contributed by atoms with Crippen LogP contribution in [0.5, 0.6) is 0 Å². The van der Waals surface area contributed by atoms with Gasteiger partial charge >= 0.3 is 0 Å². The Morgan fingerprint density at radius 1 is 1.35 bits per heavy atom. The highest BCUT2D eigenvalue weighted by Crippen LogP contribution is 2.07. The van der Waals surface area contributed by atoms with Crippen LogP contribution in [0.15, 0.2) is 5.11 Å². The van der Waals surface area contributed by atoms with Gasteiger partial charge in [-0.2, -0.15) is 0 Å². The first-order valence-corrected chi connectivity index (χ1v) is 4.66. The second kappa shape index (κ2) is 7.96. The van der Waals surface area contributed by atoms with Gasteiger partial charge < -0.3 is 25.5 Å². The van der Waals surface area contributed by atoms with Crippen molar-refractivity contribution in [2.24, 2.45) is 5.11 Å². The van der Waals surface area contributed by atoms with E-state index in [2.05, 4.69) is 10.0 Å². The van der Waals surface area contributed by atoms with Gasteiger partial charge in [-0.25, -0.2) is 0 Å². The molecule has 0 aliphatic heterocycles. The fraction of sp³-hybridized carbons (Fsp3) is 0.875. The van der Waals surface area contributed by atoms with E-state index in [1.54, 1.807) is 0 Å². The van der Waals surface area contributed by atoms with Crippen LogP contribution in [0, 0.1) is 0 Å². The Kier molecular flexibility index (Phi) is 6.48. The topological polar surface area (TPSA) is 167 Å². The van der Waals surface area contributed by atoms with Gasteiger partial charge in [0, 0.05) is 19.2 Å². The maximum absolute atomic E-state index is 11.4. The van der Waals surface area contributed by atoms with E-state index < -0.39 is 49.7 Å². The quantitative estimate of drug-likeness (QED) is 0.184. The number of hydrogen-bond acceptors (Lipinski definition) is 7. The lowest BCUT2D eigenvalue weighted by Crippen LogP contribution is -2.48. The van der Waals surface area contributed by atoms with Crippen molar-refractivity contribution in [2.75, 3.05) is 13.2 Å². The first kappa shape index (κ1) is 13.8. The summed E-state index contributed by atoms with van der Waals surface area (Å²) in [5.41, 5.74) is 7.99. The Morgan fingerprint density at radius 3 is 2.41 bits per heavy atom. The largest absolute Gasteiger partial charge is 0.394 e. The van der Waals surface area contributed by atoms with Crippen molar-refractivity contribution >= 4 is 5.78 Å². The third-order valence-corrected chi connectivity index (χ3v) is 1.98. The number of azide groups is 1. The van der Waals surface area contributed by atoms with E-state index in [9.17, 15) is 20.1 Å². The lowest BCUT2D eigenvalue weighted by atomic mass is 9.99. The Hall–Kier alpha value is -1.22. The first-order valence-electron chi connectivity index (χ1n) is 5.24. The highest BCUT2D eigenvalue weighted by Gasteiger charge is 2.33. The molecule has 0 aliphatic carbocycles. The Morgan fingerprint density at radius 2 is 1.94 bits per heavy atom. The molecule has 5 N–H and O–H groups in total. The van der Waals surface area contributed by atoms with Crippen LogP contribution in [0.25, 0.3) is 10.4 Å². The highest BCUT2D eigenvalue weighted by molar-refractivity contribution is 5.83. The molecule has 0 saturated carbocycles. The highest BCUT2D eigenvalue weighted by atomic mass is 16.4. The van der Waals surface area contributed by atoms with E-state index >= 15 is 0 Å². The molecule has 0 aliphatic rings. The zero-order valence-corrected chi connectivity index (χ0v) is 8.79. The van der Waals surface area contributed by atoms with Crippen LogP contribution in [-0.2, 0) is 4.79 Å². The van der Waals surface area contributed by atoms with Gasteiger partial charge in [0.1, 0.15) is 24.4 Å². The van der Waals surface area contributed by atoms with Crippen molar-refractivity contribution in [3.63, 3.8) is 0 Å². The van der Waals surface area contributed by atoms with Crippen LogP contribution in [0.2, 0.25) is 0 Å². The van der Waals surface area contributed by atoms with Crippen LogP contribution in [0.3, 0.4) is 0 Å². The van der Waals surface area contributed by atoms with Gasteiger partial charge in [-0.1, -0.05) is 5.11 Å². The number of rotatable bonds is 8. The third-order valence-electron chi connectivity index (χ3n) is 1.98. The molecule has 0 spiro atoms. The van der Waals surface area contributed by atoms with E-state index in [-0.39, 0.29) is 0 Å². The molecule has 1 unspecified atom stereocenters. The van der Waals surface area contributed by atoms with Gasteiger partial charge in [-0.3, -0.25) is 4.79 Å². The number of nitrogens with zero attached hydrogens (tertiary/aromatic N) is 3. The van der Waals surface area contributed by atoms with E-state index in [1.165, 1.54) is 0 Å². The van der Waals surface area contributed by atoms with E-state index in [0.29, 0.717) is 0 Å². The van der Waals surface area contributed by atoms with Gasteiger partial charge in [0.25, 0.3) is 0 Å². The van der Waals surface area contributed by atoms with Crippen LogP contribution in [-0.4, -0.2) is 68.9 Å². The fourth-order valence-corrected chi connectivity index (χ4v) is 0.979. The van der Waals surface area contributed by atoms with Gasteiger partial charge in [0.2, 0.25) is 0 Å². The summed E-state index contributed by atoms with van der Waals surface area (Å²) in [6.07, 6.45) is -9.45. The molecule has 9 nitrogen and oxygen atoms in total. The van der Waals surface area contributed by atoms with E-state index in [1.807, 2.05) is 0 Å². The zero-order chi connectivity index (χ0) is 14.3. The molecule has 0 amide bonds. The molecule has 17 heavy (non-hydrogen) atoms. The van der Waals surface area contributed by atoms with Gasteiger partial charge in [-0.15, -0.1) is 0 Å². The molecule has 0 aromatic carbocycles. The molecule has 0 radical (unpaired) electrons. The van der Waals surface area contributed by atoms with Crippen LogP contribution >= 0.6 is 0 Å². The molecule has 0 aromatic heterocycles. The van der Waals surface area contributed by atoms with Gasteiger partial charge in [0.15, 0.2) is 5.78 Å². The number of aliphatic hydroxyl groups is 5. The predicted molar refractivity (Wildman–Crippen MR) is 54.8 cm³/mol. The minimum Gasteiger partial charge on any atom is -0.394 e. The number of Topliss-reactive ketones (excluding diaryl/α,β-unsaturated/α-hetero) is 1. The van der Waals surface area contributed by atoms with Crippen LogP contribution < -0.4 is 0 Å². The van der Waals surface area contributed by atoms with Crippen molar-refractivity contribution in [1.82, 2.24) is 0 Å². The van der Waals surface area contributed by atoms with Crippen molar-refractivity contribution in [1.29, 1.82) is 0 Å². The maximum atomic E-state index is 11.4. The van der Waals surface area contributed by atoms with Crippen LogP contribution in [0.4, 0.5) is 0 Å². The average Bonchev–Trinajstić information content (AvgIpc) is 2.40. The first-order chi connectivity index (χ1) is 8.36. The maximum Gasteiger partial charge on any atom is 0.164 e. The van der Waals surface area contributed by atoms with Crippen molar-refractivity contribution in [3.05, 3.63) is 10.4 Å². The Balaban J connectivity index is 4.57. The number of carbonyl (C=O) groups is 1. The van der Waals surface area contributed by atoms with Gasteiger partial charge in [-0.05, 0) is 5.53 Å². The summed E-state index contributed by atoms with van der Waals surface area (Å²) in [5.74, 6) is -1.17. The smallest absolute Gasteiger partial charge is 0.164 e. The van der Waals surface area contributed by atoms with Gasteiger partial charge in [0.05, 0.1) is 6.61 Å². The molecule has 0 aromatic rings. The monoisotopic (exact) mass is 250 g/mol. The minimum atomic E-state index is -2.13. The molecule has 0 bridgehead atoms. The number of ketones is 1. The molecule has 0 fully saturated rings. The average molecular weight is 250 g/mol.